The lowest BCUT2D eigenvalue weighted by Crippen LogP contribution is -2.44. The van der Waals surface area contributed by atoms with E-state index in [0.29, 0.717) is 22.6 Å². The van der Waals surface area contributed by atoms with Gasteiger partial charge in [-0.2, -0.15) is 9.61 Å². The van der Waals surface area contributed by atoms with E-state index in [1.54, 1.807) is 22.8 Å². The van der Waals surface area contributed by atoms with E-state index in [2.05, 4.69) is 51.2 Å². The van der Waals surface area contributed by atoms with E-state index < -0.39 is 0 Å². The molecule has 0 unspecified atom stereocenters. The van der Waals surface area contributed by atoms with E-state index in [9.17, 15) is 5.11 Å². The first-order valence-corrected chi connectivity index (χ1v) is 10.5. The smallest absolute Gasteiger partial charge is 0.165 e. The van der Waals surface area contributed by atoms with Crippen molar-refractivity contribution in [2.45, 2.75) is 6.92 Å². The molecule has 1 aliphatic rings. The zero-order valence-corrected chi connectivity index (χ0v) is 17.8. The number of piperazine rings is 1. The number of nitrogen functional groups attached to an aromatic ring is 1. The molecule has 1 saturated heterocycles. The van der Waals surface area contributed by atoms with Gasteiger partial charge < -0.3 is 20.6 Å². The fraction of sp³-hybridized carbons (Fsp3) is 0.250. The SMILES string of the molecule is Cc1nn2c(N)c(-c3ccccc3O)cnc2c1-c1ccc(N2CCN(C)CC2)cc1. The van der Waals surface area contributed by atoms with Crippen molar-refractivity contribution in [2.24, 2.45) is 0 Å². The van der Waals surface area contributed by atoms with Crippen LogP contribution in [0.5, 0.6) is 5.75 Å². The van der Waals surface area contributed by atoms with Crippen LogP contribution in [-0.4, -0.2) is 57.8 Å². The molecule has 0 aliphatic carbocycles. The lowest BCUT2D eigenvalue weighted by molar-refractivity contribution is 0.313. The van der Waals surface area contributed by atoms with Crippen LogP contribution in [0.4, 0.5) is 11.5 Å². The van der Waals surface area contributed by atoms with Crippen molar-refractivity contribution in [3.63, 3.8) is 0 Å². The second-order valence-corrected chi connectivity index (χ2v) is 8.11. The Morgan fingerprint density at radius 1 is 0.935 bits per heavy atom. The molecule has 2 aromatic heterocycles. The number of anilines is 2. The van der Waals surface area contributed by atoms with Crippen LogP contribution in [0.2, 0.25) is 0 Å². The number of phenols is 1. The Kier molecular flexibility index (Phi) is 4.75. The molecular formula is C24H26N6O. The van der Waals surface area contributed by atoms with Crippen molar-refractivity contribution < 1.29 is 5.11 Å². The molecule has 0 atom stereocenters. The average Bonchev–Trinajstić information content (AvgIpc) is 3.12. The van der Waals surface area contributed by atoms with Crippen molar-refractivity contribution in [1.82, 2.24) is 19.5 Å². The van der Waals surface area contributed by atoms with E-state index in [-0.39, 0.29) is 5.75 Å². The number of phenolic OH excluding ortho intramolecular Hbond substituents is 1. The van der Waals surface area contributed by atoms with Crippen molar-refractivity contribution in [1.29, 1.82) is 0 Å². The van der Waals surface area contributed by atoms with Gasteiger partial charge in [-0.25, -0.2) is 4.98 Å². The standard InChI is InChI=1S/C24H26N6O/c1-16-22(17-7-9-18(10-8-17)29-13-11-28(2)12-14-29)24-26-15-20(23(25)30(24)27-16)19-5-3-4-6-21(19)31/h3-10,15,31H,11-14,25H2,1-2H3. The zero-order chi connectivity index (χ0) is 21.5. The minimum absolute atomic E-state index is 0.166. The Morgan fingerprint density at radius 2 is 1.65 bits per heavy atom. The van der Waals surface area contributed by atoms with Crippen LogP contribution in [0.15, 0.2) is 54.7 Å². The number of nitrogens with two attached hydrogens (primary N) is 1. The molecule has 2 aromatic carbocycles. The van der Waals surface area contributed by atoms with E-state index in [1.807, 2.05) is 19.1 Å². The van der Waals surface area contributed by atoms with Gasteiger partial charge in [-0.05, 0) is 37.7 Å². The van der Waals surface area contributed by atoms with Gasteiger partial charge in [-0.15, -0.1) is 0 Å². The maximum Gasteiger partial charge on any atom is 0.165 e. The predicted molar refractivity (Wildman–Crippen MR) is 124 cm³/mol. The van der Waals surface area contributed by atoms with Crippen molar-refractivity contribution >= 4 is 17.2 Å². The number of para-hydroxylation sites is 1. The van der Waals surface area contributed by atoms with Crippen LogP contribution in [-0.2, 0) is 0 Å². The summed E-state index contributed by atoms with van der Waals surface area (Å²) in [5.41, 5.74) is 12.6. The van der Waals surface area contributed by atoms with Gasteiger partial charge in [-0.3, -0.25) is 0 Å². The van der Waals surface area contributed by atoms with E-state index in [1.165, 1.54) is 5.69 Å². The molecule has 0 saturated carbocycles. The quantitative estimate of drug-likeness (QED) is 0.535. The molecule has 0 amide bonds. The molecule has 3 N–H and O–H groups in total. The Hall–Kier alpha value is -3.58. The summed E-state index contributed by atoms with van der Waals surface area (Å²) in [5.74, 6) is 0.619. The summed E-state index contributed by atoms with van der Waals surface area (Å²) in [7, 11) is 2.16. The highest BCUT2D eigenvalue weighted by atomic mass is 16.3. The summed E-state index contributed by atoms with van der Waals surface area (Å²) in [6, 6.07) is 15.7. The summed E-state index contributed by atoms with van der Waals surface area (Å²) in [4.78, 5) is 9.44. The maximum atomic E-state index is 10.2. The Morgan fingerprint density at radius 3 is 2.35 bits per heavy atom. The van der Waals surface area contributed by atoms with Crippen LogP contribution in [0.1, 0.15) is 5.69 Å². The number of aromatic hydroxyl groups is 1. The molecule has 0 radical (unpaired) electrons. The first-order chi connectivity index (χ1) is 15.0. The monoisotopic (exact) mass is 414 g/mol. The molecule has 0 spiro atoms. The van der Waals surface area contributed by atoms with E-state index in [0.717, 1.165) is 43.0 Å². The largest absolute Gasteiger partial charge is 0.507 e. The second-order valence-electron chi connectivity index (χ2n) is 8.11. The number of likely N-dealkylation sites (N-methyl/N-ethyl adjacent to an activating group) is 1. The maximum absolute atomic E-state index is 10.2. The highest BCUT2D eigenvalue weighted by molar-refractivity contribution is 5.85. The van der Waals surface area contributed by atoms with Crippen LogP contribution < -0.4 is 10.6 Å². The third-order valence-electron chi connectivity index (χ3n) is 6.07. The van der Waals surface area contributed by atoms with Crippen LogP contribution in [0, 0.1) is 6.92 Å². The first kappa shape index (κ1) is 19.4. The van der Waals surface area contributed by atoms with Gasteiger partial charge in [0.25, 0.3) is 0 Å². The van der Waals surface area contributed by atoms with Crippen molar-refractivity contribution in [2.75, 3.05) is 43.9 Å². The van der Waals surface area contributed by atoms with E-state index >= 15 is 0 Å². The Bertz CT molecular complexity index is 1240. The molecule has 31 heavy (non-hydrogen) atoms. The van der Waals surface area contributed by atoms with Gasteiger partial charge in [0.05, 0.1) is 5.69 Å². The number of aromatic nitrogens is 3. The number of rotatable bonds is 3. The summed E-state index contributed by atoms with van der Waals surface area (Å²) in [6.45, 7) is 6.21. The number of hydrogen-bond acceptors (Lipinski definition) is 6. The Labute approximate surface area is 181 Å². The Balaban J connectivity index is 1.53. The third-order valence-corrected chi connectivity index (χ3v) is 6.07. The van der Waals surface area contributed by atoms with Gasteiger partial charge in [-0.1, -0.05) is 30.3 Å². The molecular weight excluding hydrogens is 388 g/mol. The predicted octanol–water partition coefficient (Wildman–Crippen LogP) is 3.41. The molecule has 158 valence electrons. The molecule has 7 heteroatoms. The molecule has 7 nitrogen and oxygen atoms in total. The minimum Gasteiger partial charge on any atom is -0.507 e. The lowest BCUT2D eigenvalue weighted by Gasteiger charge is -2.34. The zero-order valence-electron chi connectivity index (χ0n) is 17.8. The van der Waals surface area contributed by atoms with Gasteiger partial charge in [0.2, 0.25) is 0 Å². The van der Waals surface area contributed by atoms with Gasteiger partial charge >= 0.3 is 0 Å². The van der Waals surface area contributed by atoms with Crippen molar-refractivity contribution in [3.8, 4) is 28.0 Å². The van der Waals surface area contributed by atoms with Gasteiger partial charge in [0.1, 0.15) is 11.6 Å². The molecule has 5 rings (SSSR count). The summed E-state index contributed by atoms with van der Waals surface area (Å²) >= 11 is 0. The fourth-order valence-electron chi connectivity index (χ4n) is 4.26. The summed E-state index contributed by atoms with van der Waals surface area (Å²) in [5, 5.41) is 14.9. The highest BCUT2D eigenvalue weighted by Crippen LogP contribution is 2.35. The number of fused-ring (bicyclic) bond motifs is 1. The topological polar surface area (TPSA) is 82.9 Å². The highest BCUT2D eigenvalue weighted by Gasteiger charge is 2.19. The summed E-state index contributed by atoms with van der Waals surface area (Å²) in [6.07, 6.45) is 1.71. The third kappa shape index (κ3) is 3.37. The van der Waals surface area contributed by atoms with Crippen LogP contribution in [0.25, 0.3) is 27.9 Å². The molecule has 4 aromatic rings. The molecule has 1 fully saturated rings. The average molecular weight is 415 g/mol. The van der Waals surface area contributed by atoms with Crippen molar-refractivity contribution in [3.05, 3.63) is 60.4 Å². The normalized spacial score (nSPS) is 15.0. The minimum atomic E-state index is 0.166. The van der Waals surface area contributed by atoms with E-state index in [4.69, 9.17) is 5.73 Å². The fourth-order valence-corrected chi connectivity index (χ4v) is 4.26. The number of benzene rings is 2. The number of aryl methyl sites for hydroxylation is 1. The molecule has 0 bridgehead atoms. The van der Waals surface area contributed by atoms with Gasteiger partial charge in [0.15, 0.2) is 5.65 Å². The number of hydrogen-bond donors (Lipinski definition) is 2. The van der Waals surface area contributed by atoms with Crippen LogP contribution >= 0.6 is 0 Å². The second kappa shape index (κ2) is 7.59. The lowest BCUT2D eigenvalue weighted by atomic mass is 10.0. The van der Waals surface area contributed by atoms with Gasteiger partial charge in [0, 0.05) is 54.8 Å². The van der Waals surface area contributed by atoms with Crippen LogP contribution in [0.3, 0.4) is 0 Å². The molecule has 1 aliphatic heterocycles. The first-order valence-electron chi connectivity index (χ1n) is 10.5. The number of nitrogens with zero attached hydrogens (tertiary/aromatic N) is 5. The summed E-state index contributed by atoms with van der Waals surface area (Å²) < 4.78 is 1.67. The molecule has 3 heterocycles.